The topological polar surface area (TPSA) is 12.5 Å². The van der Waals surface area contributed by atoms with Gasteiger partial charge in [-0.25, -0.2) is 8.78 Å². The second kappa shape index (κ2) is 6.40. The first kappa shape index (κ1) is 15.3. The molecule has 1 aromatic carbocycles. The van der Waals surface area contributed by atoms with Crippen LogP contribution in [0.25, 0.3) is 0 Å². The van der Waals surface area contributed by atoms with Crippen molar-refractivity contribution in [3.63, 3.8) is 0 Å². The third kappa shape index (κ3) is 4.47. The molecule has 0 aliphatic rings. The molecule has 0 fully saturated rings. The van der Waals surface area contributed by atoms with Crippen molar-refractivity contribution in [2.24, 2.45) is 0 Å². The summed E-state index contributed by atoms with van der Waals surface area (Å²) >= 11 is 0. The largest absolute Gasteiger partial charge is 0.383 e. The van der Waals surface area contributed by atoms with Crippen LogP contribution in [0.5, 0.6) is 0 Å². The maximum Gasteiger partial charge on any atom is 0.130 e. The minimum Gasteiger partial charge on any atom is -0.383 e. The van der Waals surface area contributed by atoms with Gasteiger partial charge < -0.3 is 9.30 Å². The lowest BCUT2D eigenvalue weighted by Gasteiger charge is -2.34. The highest BCUT2D eigenvalue weighted by Crippen LogP contribution is 2.17. The fourth-order valence-corrected chi connectivity index (χ4v) is 3.12. The predicted molar refractivity (Wildman–Crippen MR) is 72.0 cm³/mol. The second-order valence-electron chi connectivity index (χ2n) is 5.32. The van der Waals surface area contributed by atoms with Gasteiger partial charge in [-0.05, 0) is 6.07 Å². The van der Waals surface area contributed by atoms with Crippen LogP contribution in [-0.2, 0) is 11.3 Å². The SMILES string of the molecule is COCCN(Cc1ccc(F)cc1F)[Si](C)(C)C. The summed E-state index contributed by atoms with van der Waals surface area (Å²) in [5.41, 5.74) is 0.537. The summed E-state index contributed by atoms with van der Waals surface area (Å²) in [6.07, 6.45) is 0. The summed E-state index contributed by atoms with van der Waals surface area (Å²) in [5.74, 6) is -1.01. The molecule has 1 rings (SSSR count). The number of rotatable bonds is 6. The van der Waals surface area contributed by atoms with Crippen molar-refractivity contribution in [1.29, 1.82) is 0 Å². The van der Waals surface area contributed by atoms with E-state index in [1.165, 1.54) is 12.1 Å². The van der Waals surface area contributed by atoms with E-state index in [1.54, 1.807) is 7.11 Å². The molecule has 0 bridgehead atoms. The molecule has 0 N–H and O–H groups in total. The Morgan fingerprint density at radius 1 is 1.22 bits per heavy atom. The lowest BCUT2D eigenvalue weighted by atomic mass is 10.2. The lowest BCUT2D eigenvalue weighted by molar-refractivity contribution is 0.175. The van der Waals surface area contributed by atoms with E-state index >= 15 is 0 Å². The van der Waals surface area contributed by atoms with Crippen LogP contribution in [0.2, 0.25) is 19.6 Å². The van der Waals surface area contributed by atoms with Gasteiger partial charge in [-0.15, -0.1) is 0 Å². The minimum atomic E-state index is -1.55. The molecule has 0 heterocycles. The average Bonchev–Trinajstić information content (AvgIpc) is 2.25. The van der Waals surface area contributed by atoms with Gasteiger partial charge in [-0.2, -0.15) is 0 Å². The first-order chi connectivity index (χ1) is 8.34. The molecule has 0 spiro atoms. The number of benzene rings is 1. The van der Waals surface area contributed by atoms with Gasteiger partial charge in [0.05, 0.1) is 6.61 Å². The quantitative estimate of drug-likeness (QED) is 0.738. The van der Waals surface area contributed by atoms with Crippen LogP contribution < -0.4 is 0 Å². The molecule has 5 heteroatoms. The van der Waals surface area contributed by atoms with Crippen molar-refractivity contribution in [2.45, 2.75) is 26.2 Å². The van der Waals surface area contributed by atoms with Crippen LogP contribution in [0.3, 0.4) is 0 Å². The Bertz CT molecular complexity index is 393. The van der Waals surface area contributed by atoms with Crippen molar-refractivity contribution in [3.8, 4) is 0 Å². The molecule has 2 nitrogen and oxygen atoms in total. The third-order valence-corrected chi connectivity index (χ3v) is 5.17. The van der Waals surface area contributed by atoms with E-state index < -0.39 is 19.9 Å². The monoisotopic (exact) mass is 273 g/mol. The number of halogens is 2. The Morgan fingerprint density at radius 2 is 1.89 bits per heavy atom. The molecular weight excluding hydrogens is 252 g/mol. The van der Waals surface area contributed by atoms with E-state index in [9.17, 15) is 8.78 Å². The Labute approximate surface area is 109 Å². The maximum absolute atomic E-state index is 13.6. The average molecular weight is 273 g/mol. The van der Waals surface area contributed by atoms with Crippen LogP contribution in [0.4, 0.5) is 8.78 Å². The van der Waals surface area contributed by atoms with Gasteiger partial charge in [-0.3, -0.25) is 0 Å². The molecule has 1 aromatic rings. The van der Waals surface area contributed by atoms with E-state index in [0.29, 0.717) is 18.7 Å². The van der Waals surface area contributed by atoms with Crippen molar-refractivity contribution in [3.05, 3.63) is 35.4 Å². The second-order valence-corrected chi connectivity index (χ2v) is 10.3. The van der Waals surface area contributed by atoms with Gasteiger partial charge >= 0.3 is 0 Å². The lowest BCUT2D eigenvalue weighted by Crippen LogP contribution is -2.47. The number of hydrogen-bond donors (Lipinski definition) is 0. The highest BCUT2D eigenvalue weighted by molar-refractivity contribution is 6.73. The van der Waals surface area contributed by atoms with E-state index in [-0.39, 0.29) is 0 Å². The van der Waals surface area contributed by atoms with E-state index in [2.05, 4.69) is 24.2 Å². The van der Waals surface area contributed by atoms with Crippen LogP contribution >= 0.6 is 0 Å². The normalized spacial score (nSPS) is 12.2. The van der Waals surface area contributed by atoms with Gasteiger partial charge in [0.1, 0.15) is 19.9 Å². The van der Waals surface area contributed by atoms with E-state index in [0.717, 1.165) is 12.6 Å². The third-order valence-electron chi connectivity index (χ3n) is 2.89. The summed E-state index contributed by atoms with van der Waals surface area (Å²) in [5, 5.41) is 0. The van der Waals surface area contributed by atoms with Crippen molar-refractivity contribution in [2.75, 3.05) is 20.3 Å². The molecule has 18 heavy (non-hydrogen) atoms. The zero-order valence-electron chi connectivity index (χ0n) is 11.5. The number of ether oxygens (including phenoxy) is 1. The van der Waals surface area contributed by atoms with Crippen molar-refractivity contribution >= 4 is 8.24 Å². The fourth-order valence-electron chi connectivity index (χ4n) is 1.71. The molecule has 0 amide bonds. The standard InChI is InChI=1S/C13H21F2NOSi/c1-17-8-7-16(18(2,3)4)10-11-5-6-12(14)9-13(11)15/h5-6,9H,7-8,10H2,1-4H3. The first-order valence-electron chi connectivity index (χ1n) is 6.02. The highest BCUT2D eigenvalue weighted by Gasteiger charge is 2.24. The summed E-state index contributed by atoms with van der Waals surface area (Å²) in [6, 6.07) is 3.76. The number of methoxy groups -OCH3 is 1. The van der Waals surface area contributed by atoms with Crippen LogP contribution in [0.15, 0.2) is 18.2 Å². The maximum atomic E-state index is 13.6. The molecule has 0 saturated carbocycles. The first-order valence-corrected chi connectivity index (χ1v) is 9.47. The molecule has 0 radical (unpaired) electrons. The molecule has 102 valence electrons. The smallest absolute Gasteiger partial charge is 0.130 e. The van der Waals surface area contributed by atoms with Gasteiger partial charge in [0, 0.05) is 31.8 Å². The Kier molecular flexibility index (Phi) is 5.43. The Morgan fingerprint density at radius 3 is 2.39 bits per heavy atom. The van der Waals surface area contributed by atoms with Crippen LogP contribution in [-0.4, -0.2) is 33.1 Å². The Balaban J connectivity index is 2.82. The van der Waals surface area contributed by atoms with Gasteiger partial charge in [0.25, 0.3) is 0 Å². The summed E-state index contributed by atoms with van der Waals surface area (Å²) in [6.45, 7) is 8.49. The highest BCUT2D eigenvalue weighted by atomic mass is 28.3. The van der Waals surface area contributed by atoms with Crippen LogP contribution in [0.1, 0.15) is 5.56 Å². The molecule has 0 unspecified atom stereocenters. The molecule has 0 atom stereocenters. The molecule has 0 saturated heterocycles. The van der Waals surface area contributed by atoms with Gasteiger partial charge in [0.15, 0.2) is 0 Å². The zero-order valence-corrected chi connectivity index (χ0v) is 12.5. The Hall–Kier alpha value is -0.783. The molecule has 0 aromatic heterocycles. The van der Waals surface area contributed by atoms with Crippen molar-refractivity contribution in [1.82, 2.24) is 4.57 Å². The number of nitrogens with zero attached hydrogens (tertiary/aromatic N) is 1. The summed E-state index contributed by atoms with van der Waals surface area (Å²) in [4.78, 5) is 0. The summed E-state index contributed by atoms with van der Waals surface area (Å²) < 4.78 is 33.8. The van der Waals surface area contributed by atoms with Gasteiger partial charge in [0.2, 0.25) is 0 Å². The van der Waals surface area contributed by atoms with Crippen molar-refractivity contribution < 1.29 is 13.5 Å². The minimum absolute atomic E-state index is 0.476. The predicted octanol–water partition coefficient (Wildman–Crippen LogP) is 3.25. The molecule has 0 aliphatic heterocycles. The number of hydrogen-bond acceptors (Lipinski definition) is 2. The fraction of sp³-hybridized carbons (Fsp3) is 0.538. The zero-order chi connectivity index (χ0) is 13.8. The summed E-state index contributed by atoms with van der Waals surface area (Å²) in [7, 11) is 0.103. The van der Waals surface area contributed by atoms with E-state index in [4.69, 9.17) is 4.74 Å². The molecular formula is C13H21F2NOSi. The molecule has 0 aliphatic carbocycles. The van der Waals surface area contributed by atoms with Gasteiger partial charge in [-0.1, -0.05) is 25.7 Å². The van der Waals surface area contributed by atoms with E-state index in [1.807, 2.05) is 0 Å². The van der Waals surface area contributed by atoms with Crippen LogP contribution in [0, 0.1) is 11.6 Å².